The molecule has 0 bridgehead atoms. The molecule has 0 atom stereocenters. The van der Waals surface area contributed by atoms with Crippen LogP contribution in [-0.2, 0) is 5.41 Å². The molecule has 7 aromatic carbocycles. The second-order valence-corrected chi connectivity index (χ2v) is 12.7. The van der Waals surface area contributed by atoms with Crippen molar-refractivity contribution in [3.8, 4) is 33.4 Å². The largest absolute Gasteiger partial charge is 0.135 e. The minimum atomic E-state index is -0.361. The number of hydrogen-bond acceptors (Lipinski definition) is 1. The lowest BCUT2D eigenvalue weighted by Crippen LogP contribution is -2.28. The fourth-order valence-corrected chi connectivity index (χ4v) is 8.68. The van der Waals surface area contributed by atoms with Crippen LogP contribution in [0.5, 0.6) is 0 Å². The van der Waals surface area contributed by atoms with Crippen LogP contribution in [0.4, 0.5) is 0 Å². The molecule has 1 heteroatoms. The lowest BCUT2D eigenvalue weighted by molar-refractivity contribution is 0.768. The highest BCUT2D eigenvalue weighted by Crippen LogP contribution is 2.56. The van der Waals surface area contributed by atoms with Crippen LogP contribution < -0.4 is 0 Å². The van der Waals surface area contributed by atoms with E-state index in [4.69, 9.17) is 0 Å². The molecule has 1 aliphatic carbocycles. The van der Waals surface area contributed by atoms with E-state index in [1.165, 1.54) is 75.8 Å². The van der Waals surface area contributed by atoms with Gasteiger partial charge >= 0.3 is 0 Å². The summed E-state index contributed by atoms with van der Waals surface area (Å²) >= 11 is 1.89. The van der Waals surface area contributed by atoms with E-state index in [0.29, 0.717) is 0 Å². The summed E-state index contributed by atoms with van der Waals surface area (Å²) in [5.41, 5.74) is 12.6. The highest BCUT2D eigenvalue weighted by molar-refractivity contribution is 7.26. The first kappa shape index (κ1) is 25.3. The van der Waals surface area contributed by atoms with Crippen LogP contribution >= 0.6 is 11.3 Å². The first-order chi connectivity index (χ1) is 21.8. The van der Waals surface area contributed by atoms with Crippen LogP contribution in [-0.4, -0.2) is 0 Å². The molecule has 0 saturated carbocycles. The Bertz CT molecular complexity index is 2260. The smallest absolute Gasteiger partial charge is 0.0713 e. The number of hydrogen-bond donors (Lipinski definition) is 0. The van der Waals surface area contributed by atoms with E-state index in [-0.39, 0.29) is 5.41 Å². The van der Waals surface area contributed by atoms with E-state index >= 15 is 0 Å². The second kappa shape index (κ2) is 9.91. The molecule has 0 spiro atoms. The number of fused-ring (bicyclic) bond motifs is 6. The third-order valence-corrected chi connectivity index (χ3v) is 10.6. The van der Waals surface area contributed by atoms with Gasteiger partial charge in [-0.25, -0.2) is 0 Å². The normalized spacial score (nSPS) is 13.2. The van der Waals surface area contributed by atoms with Gasteiger partial charge in [-0.2, -0.15) is 0 Å². The summed E-state index contributed by atoms with van der Waals surface area (Å²) < 4.78 is 2.70. The summed E-state index contributed by atoms with van der Waals surface area (Å²) in [5, 5.41) is 2.68. The second-order valence-electron chi connectivity index (χ2n) is 11.6. The predicted octanol–water partition coefficient (Wildman–Crippen LogP) is 11.8. The maximum Gasteiger partial charge on any atom is 0.0713 e. The molecule has 0 N–H and O–H groups in total. The molecular weight excluding hydrogens is 549 g/mol. The van der Waals surface area contributed by atoms with Crippen LogP contribution in [0.25, 0.3) is 53.6 Å². The fourth-order valence-electron chi connectivity index (χ4n) is 7.44. The third kappa shape index (κ3) is 3.63. The first-order valence-corrected chi connectivity index (χ1v) is 16.0. The van der Waals surface area contributed by atoms with Crippen molar-refractivity contribution in [2.45, 2.75) is 5.41 Å². The topological polar surface area (TPSA) is 0 Å². The van der Waals surface area contributed by atoms with E-state index in [0.717, 1.165) is 0 Å². The zero-order valence-electron chi connectivity index (χ0n) is 24.1. The van der Waals surface area contributed by atoms with E-state index in [1.54, 1.807) is 0 Å². The third-order valence-electron chi connectivity index (χ3n) is 9.41. The van der Waals surface area contributed by atoms with E-state index in [9.17, 15) is 0 Å². The molecule has 1 heterocycles. The summed E-state index contributed by atoms with van der Waals surface area (Å²) in [6.45, 7) is 0. The van der Waals surface area contributed by atoms with Gasteiger partial charge in [-0.1, -0.05) is 164 Å². The average Bonchev–Trinajstić information content (AvgIpc) is 3.63. The predicted molar refractivity (Wildman–Crippen MR) is 188 cm³/mol. The lowest BCUT2D eigenvalue weighted by Gasteiger charge is -2.34. The van der Waals surface area contributed by atoms with Crippen molar-refractivity contribution in [2.24, 2.45) is 0 Å². The molecule has 1 aliphatic rings. The van der Waals surface area contributed by atoms with E-state index in [2.05, 4.69) is 170 Å². The molecular formula is C43H28S. The molecule has 9 rings (SSSR count). The molecule has 206 valence electrons. The maximum atomic E-state index is 2.34. The van der Waals surface area contributed by atoms with Gasteiger partial charge in [0.2, 0.25) is 0 Å². The Labute approximate surface area is 261 Å². The summed E-state index contributed by atoms with van der Waals surface area (Å²) in [6.07, 6.45) is 0. The molecule has 0 saturated heterocycles. The van der Waals surface area contributed by atoms with Gasteiger partial charge in [-0.3, -0.25) is 0 Å². The molecule has 1 aromatic heterocycles. The van der Waals surface area contributed by atoms with Gasteiger partial charge in [0.05, 0.1) is 5.41 Å². The molecule has 0 radical (unpaired) electrons. The van der Waals surface area contributed by atoms with E-state index < -0.39 is 0 Å². The van der Waals surface area contributed by atoms with Crippen LogP contribution in [0.1, 0.15) is 22.3 Å². The summed E-state index contributed by atoms with van der Waals surface area (Å²) in [7, 11) is 0. The first-order valence-electron chi connectivity index (χ1n) is 15.2. The van der Waals surface area contributed by atoms with Crippen molar-refractivity contribution >= 4 is 31.5 Å². The van der Waals surface area contributed by atoms with Gasteiger partial charge in [0, 0.05) is 20.2 Å². The van der Waals surface area contributed by atoms with Gasteiger partial charge in [0.15, 0.2) is 0 Å². The molecule has 0 amide bonds. The Morgan fingerprint density at radius 2 is 0.841 bits per heavy atom. The molecule has 0 nitrogen and oxygen atoms in total. The van der Waals surface area contributed by atoms with Crippen molar-refractivity contribution < 1.29 is 0 Å². The van der Waals surface area contributed by atoms with Crippen LogP contribution in [0.3, 0.4) is 0 Å². The minimum absolute atomic E-state index is 0.361. The van der Waals surface area contributed by atoms with Crippen molar-refractivity contribution in [3.05, 3.63) is 192 Å². The van der Waals surface area contributed by atoms with Crippen molar-refractivity contribution in [1.82, 2.24) is 0 Å². The monoisotopic (exact) mass is 576 g/mol. The van der Waals surface area contributed by atoms with Gasteiger partial charge in [0.25, 0.3) is 0 Å². The Morgan fingerprint density at radius 3 is 1.55 bits per heavy atom. The summed E-state index contributed by atoms with van der Waals surface area (Å²) in [6, 6.07) is 62.6. The van der Waals surface area contributed by atoms with Crippen LogP contribution in [0, 0.1) is 0 Å². The molecule has 0 fully saturated rings. The number of rotatable bonds is 4. The summed E-state index contributed by atoms with van der Waals surface area (Å²) in [5.74, 6) is 0. The highest BCUT2D eigenvalue weighted by atomic mass is 32.1. The highest BCUT2D eigenvalue weighted by Gasteiger charge is 2.45. The Kier molecular flexibility index (Phi) is 5.69. The van der Waals surface area contributed by atoms with E-state index in [1.807, 2.05) is 11.3 Å². The van der Waals surface area contributed by atoms with Crippen LogP contribution in [0.15, 0.2) is 170 Å². The Balaban J connectivity index is 1.14. The maximum absolute atomic E-state index is 2.34. The van der Waals surface area contributed by atoms with Gasteiger partial charge in [-0.05, 0) is 61.7 Å². The van der Waals surface area contributed by atoms with Crippen LogP contribution in [0.2, 0.25) is 0 Å². The van der Waals surface area contributed by atoms with Crippen molar-refractivity contribution in [1.29, 1.82) is 0 Å². The van der Waals surface area contributed by atoms with Gasteiger partial charge in [-0.15, -0.1) is 11.3 Å². The van der Waals surface area contributed by atoms with Crippen molar-refractivity contribution in [3.63, 3.8) is 0 Å². The van der Waals surface area contributed by atoms with Gasteiger partial charge < -0.3 is 0 Å². The summed E-state index contributed by atoms with van der Waals surface area (Å²) in [4.78, 5) is 0. The zero-order chi connectivity index (χ0) is 29.1. The standard InChI is InChI=1S/C43H28S/c1-2-11-32(12-3-1)43(39-18-7-4-13-35(39)36-14-5-8-19-40(36)43)33-27-25-30(26-28-33)29-21-23-31(24-22-29)34-16-10-17-38-37-15-6-9-20-41(37)44-42(34)38/h1-28H. The quantitative estimate of drug-likeness (QED) is 0.195. The van der Waals surface area contributed by atoms with Crippen molar-refractivity contribution in [2.75, 3.05) is 0 Å². The average molecular weight is 577 g/mol. The fraction of sp³-hybridized carbons (Fsp3) is 0.0233. The number of thiophene rings is 1. The lowest BCUT2D eigenvalue weighted by atomic mass is 9.67. The SMILES string of the molecule is c1ccc(C2(c3ccc(-c4ccc(-c5cccc6c5sc5ccccc56)cc4)cc3)c3ccccc3-c3ccccc32)cc1. The number of benzene rings is 7. The zero-order valence-corrected chi connectivity index (χ0v) is 24.9. The molecule has 44 heavy (non-hydrogen) atoms. The Morgan fingerprint density at radius 1 is 0.341 bits per heavy atom. The van der Waals surface area contributed by atoms with Gasteiger partial charge in [0.1, 0.15) is 0 Å². The molecule has 0 unspecified atom stereocenters. The minimum Gasteiger partial charge on any atom is -0.135 e. The Hall–Kier alpha value is -5.24. The molecule has 0 aliphatic heterocycles. The molecule has 8 aromatic rings.